The van der Waals surface area contributed by atoms with Gasteiger partial charge in [-0.05, 0) is 45.0 Å². The van der Waals surface area contributed by atoms with E-state index in [9.17, 15) is 0 Å². The van der Waals surface area contributed by atoms with Crippen LogP contribution in [0.3, 0.4) is 0 Å². The Morgan fingerprint density at radius 3 is 1.84 bits per heavy atom. The quantitative estimate of drug-likeness (QED) is 0.413. The zero-order valence-electron chi connectivity index (χ0n) is 15.1. The molecule has 2 aliphatic rings. The van der Waals surface area contributed by atoms with Crippen molar-refractivity contribution < 1.29 is 0 Å². The molecular formula is C24H21Cl. The highest BCUT2D eigenvalue weighted by atomic mass is 35.5. The average Bonchev–Trinajstić information content (AvgIpc) is 2.96. The molecule has 2 aliphatic carbocycles. The summed E-state index contributed by atoms with van der Waals surface area (Å²) < 4.78 is 0. The predicted octanol–water partition coefficient (Wildman–Crippen LogP) is 6.95. The molecular weight excluding hydrogens is 324 g/mol. The maximum absolute atomic E-state index is 6.87. The van der Waals surface area contributed by atoms with Gasteiger partial charge in [-0.1, -0.05) is 87.8 Å². The fraction of sp³-hybridized carbons (Fsp3) is 0.250. The number of halogens is 1. The normalized spacial score (nSPS) is 17.6. The van der Waals surface area contributed by atoms with E-state index >= 15 is 0 Å². The molecule has 0 aromatic heterocycles. The molecule has 0 amide bonds. The first-order valence-electron chi connectivity index (χ1n) is 8.92. The van der Waals surface area contributed by atoms with Gasteiger partial charge in [0.2, 0.25) is 0 Å². The highest BCUT2D eigenvalue weighted by Gasteiger charge is 2.46. The first kappa shape index (κ1) is 15.2. The van der Waals surface area contributed by atoms with Crippen LogP contribution in [0.25, 0.3) is 22.3 Å². The Labute approximate surface area is 154 Å². The number of fused-ring (bicyclic) bond motifs is 7. The summed E-state index contributed by atoms with van der Waals surface area (Å²) in [5.74, 6) is 0. The van der Waals surface area contributed by atoms with E-state index in [1.54, 1.807) is 0 Å². The standard InChI is InChI=1S/C24H21Cl/c1-23(2)17-11-7-5-9-14(17)16-13-19(25)20-15-10-6-8-12-18(15)24(3,4)22(20)21(16)23/h5-13H,1-4H3. The smallest absolute Gasteiger partial charge is 0.0493 e. The van der Waals surface area contributed by atoms with Crippen molar-refractivity contribution in [2.75, 3.05) is 0 Å². The summed E-state index contributed by atoms with van der Waals surface area (Å²) in [6, 6.07) is 19.7. The SMILES string of the molecule is CC1(C)c2ccccc2-c2cc(Cl)c3c(c21)C(C)(C)c1ccccc1-3. The van der Waals surface area contributed by atoms with Crippen molar-refractivity contribution in [3.8, 4) is 22.3 Å². The molecule has 0 radical (unpaired) electrons. The Morgan fingerprint density at radius 1 is 0.640 bits per heavy atom. The van der Waals surface area contributed by atoms with Crippen LogP contribution < -0.4 is 0 Å². The number of hydrogen-bond donors (Lipinski definition) is 0. The minimum atomic E-state index is -0.0414. The van der Waals surface area contributed by atoms with E-state index in [4.69, 9.17) is 11.6 Å². The minimum absolute atomic E-state index is 0.0140. The van der Waals surface area contributed by atoms with Gasteiger partial charge in [0.1, 0.15) is 0 Å². The molecule has 0 aliphatic heterocycles. The summed E-state index contributed by atoms with van der Waals surface area (Å²) in [5.41, 5.74) is 10.8. The summed E-state index contributed by atoms with van der Waals surface area (Å²) >= 11 is 6.87. The third kappa shape index (κ3) is 1.69. The largest absolute Gasteiger partial charge is 0.0836 e. The summed E-state index contributed by atoms with van der Waals surface area (Å²) in [7, 11) is 0. The van der Waals surface area contributed by atoms with E-state index in [1.165, 1.54) is 44.5 Å². The maximum Gasteiger partial charge on any atom is 0.0493 e. The van der Waals surface area contributed by atoms with Crippen molar-refractivity contribution in [3.05, 3.63) is 81.9 Å². The molecule has 0 N–H and O–H groups in total. The molecule has 3 aromatic carbocycles. The number of benzene rings is 3. The molecule has 0 heterocycles. The van der Waals surface area contributed by atoms with E-state index < -0.39 is 0 Å². The Balaban J connectivity index is 1.97. The van der Waals surface area contributed by atoms with Crippen molar-refractivity contribution in [1.82, 2.24) is 0 Å². The van der Waals surface area contributed by atoms with Gasteiger partial charge in [0.05, 0.1) is 0 Å². The van der Waals surface area contributed by atoms with Gasteiger partial charge in [0.25, 0.3) is 0 Å². The van der Waals surface area contributed by atoms with Crippen LogP contribution in [0.5, 0.6) is 0 Å². The molecule has 0 spiro atoms. The summed E-state index contributed by atoms with van der Waals surface area (Å²) in [6.45, 7) is 9.39. The monoisotopic (exact) mass is 344 g/mol. The Bertz CT molecular complexity index is 1050. The maximum atomic E-state index is 6.87. The first-order chi connectivity index (χ1) is 11.8. The number of hydrogen-bond acceptors (Lipinski definition) is 0. The van der Waals surface area contributed by atoms with E-state index in [-0.39, 0.29) is 10.8 Å². The third-order valence-corrected chi connectivity index (χ3v) is 6.59. The van der Waals surface area contributed by atoms with Crippen LogP contribution in [0.1, 0.15) is 49.9 Å². The lowest BCUT2D eigenvalue weighted by molar-refractivity contribution is 0.601. The van der Waals surface area contributed by atoms with E-state index in [1.807, 2.05) is 0 Å². The highest BCUT2D eigenvalue weighted by molar-refractivity contribution is 6.34. The molecule has 3 aromatic rings. The van der Waals surface area contributed by atoms with Crippen molar-refractivity contribution in [1.29, 1.82) is 0 Å². The van der Waals surface area contributed by atoms with Gasteiger partial charge in [-0.15, -0.1) is 0 Å². The Hall–Kier alpha value is -2.05. The van der Waals surface area contributed by atoms with Gasteiger partial charge in [-0.3, -0.25) is 0 Å². The lowest BCUT2D eigenvalue weighted by Gasteiger charge is -2.31. The van der Waals surface area contributed by atoms with Crippen LogP contribution in [0.2, 0.25) is 5.02 Å². The molecule has 124 valence electrons. The molecule has 0 fully saturated rings. The summed E-state index contributed by atoms with van der Waals surface area (Å²) in [6.07, 6.45) is 0. The molecule has 0 unspecified atom stereocenters. The van der Waals surface area contributed by atoms with E-state index in [2.05, 4.69) is 82.3 Å². The molecule has 0 bridgehead atoms. The first-order valence-corrected chi connectivity index (χ1v) is 9.30. The Kier molecular flexibility index (Phi) is 2.78. The van der Waals surface area contributed by atoms with Crippen LogP contribution in [-0.4, -0.2) is 0 Å². The lowest BCUT2D eigenvalue weighted by atomic mass is 9.72. The minimum Gasteiger partial charge on any atom is -0.0836 e. The fourth-order valence-corrected chi connectivity index (χ4v) is 5.48. The van der Waals surface area contributed by atoms with Gasteiger partial charge < -0.3 is 0 Å². The van der Waals surface area contributed by atoms with Crippen LogP contribution in [0.15, 0.2) is 54.6 Å². The van der Waals surface area contributed by atoms with Crippen molar-refractivity contribution in [2.24, 2.45) is 0 Å². The second kappa shape index (κ2) is 4.56. The predicted molar refractivity (Wildman–Crippen MR) is 107 cm³/mol. The van der Waals surface area contributed by atoms with Gasteiger partial charge >= 0.3 is 0 Å². The molecule has 0 saturated heterocycles. The third-order valence-electron chi connectivity index (χ3n) is 6.29. The molecule has 0 atom stereocenters. The second-order valence-electron chi connectivity index (χ2n) is 8.37. The van der Waals surface area contributed by atoms with Gasteiger partial charge in [0.15, 0.2) is 0 Å². The second-order valence-corrected chi connectivity index (χ2v) is 8.78. The topological polar surface area (TPSA) is 0 Å². The van der Waals surface area contributed by atoms with Crippen LogP contribution in [-0.2, 0) is 10.8 Å². The van der Waals surface area contributed by atoms with Gasteiger partial charge in [0, 0.05) is 21.4 Å². The molecule has 25 heavy (non-hydrogen) atoms. The molecule has 0 saturated carbocycles. The van der Waals surface area contributed by atoms with E-state index in [0.717, 1.165) is 5.02 Å². The summed E-state index contributed by atoms with van der Waals surface area (Å²) in [5, 5.41) is 0.874. The van der Waals surface area contributed by atoms with Gasteiger partial charge in [-0.25, -0.2) is 0 Å². The van der Waals surface area contributed by atoms with Gasteiger partial charge in [-0.2, -0.15) is 0 Å². The Morgan fingerprint density at radius 2 is 1.16 bits per heavy atom. The average molecular weight is 345 g/mol. The lowest BCUT2D eigenvalue weighted by Crippen LogP contribution is -2.24. The fourth-order valence-electron chi connectivity index (χ4n) is 5.18. The zero-order chi connectivity index (χ0) is 17.6. The zero-order valence-corrected chi connectivity index (χ0v) is 15.8. The molecule has 0 nitrogen and oxygen atoms in total. The number of rotatable bonds is 0. The highest BCUT2D eigenvalue weighted by Crippen LogP contribution is 2.60. The van der Waals surface area contributed by atoms with Crippen molar-refractivity contribution >= 4 is 11.6 Å². The van der Waals surface area contributed by atoms with E-state index in [0.29, 0.717) is 0 Å². The van der Waals surface area contributed by atoms with Crippen LogP contribution in [0.4, 0.5) is 0 Å². The van der Waals surface area contributed by atoms with Crippen molar-refractivity contribution in [2.45, 2.75) is 38.5 Å². The molecule has 1 heteroatoms. The van der Waals surface area contributed by atoms with Crippen LogP contribution >= 0.6 is 11.6 Å². The molecule has 5 rings (SSSR count). The summed E-state index contributed by atoms with van der Waals surface area (Å²) in [4.78, 5) is 0. The van der Waals surface area contributed by atoms with Crippen molar-refractivity contribution in [3.63, 3.8) is 0 Å². The van der Waals surface area contributed by atoms with Crippen LogP contribution in [0, 0.1) is 0 Å².